The van der Waals surface area contributed by atoms with Crippen LogP contribution in [0.3, 0.4) is 0 Å². The Balaban J connectivity index is 1.42. The summed E-state index contributed by atoms with van der Waals surface area (Å²) < 4.78 is 29.8. The van der Waals surface area contributed by atoms with E-state index in [4.69, 9.17) is 14.2 Å². The van der Waals surface area contributed by atoms with Crippen LogP contribution in [-0.4, -0.2) is 43.8 Å². The Morgan fingerprint density at radius 3 is 2.62 bits per heavy atom. The van der Waals surface area contributed by atoms with Crippen LogP contribution in [0, 0.1) is 5.82 Å². The summed E-state index contributed by atoms with van der Waals surface area (Å²) in [5.74, 6) is 1.01. The number of carbonyl (C=O) groups excluding carboxylic acids is 1. The van der Waals surface area contributed by atoms with Crippen molar-refractivity contribution in [3.63, 3.8) is 0 Å². The molecular weight excluding hydrogens is 339 g/mol. The zero-order valence-electron chi connectivity index (χ0n) is 14.1. The maximum atomic E-state index is 13.1. The van der Waals surface area contributed by atoms with E-state index >= 15 is 0 Å². The van der Waals surface area contributed by atoms with Gasteiger partial charge in [-0.1, -0.05) is 12.1 Å². The summed E-state index contributed by atoms with van der Waals surface area (Å²) in [4.78, 5) is 14.3. The van der Waals surface area contributed by atoms with Gasteiger partial charge in [-0.25, -0.2) is 9.18 Å². The first-order chi connectivity index (χ1) is 12.7. The summed E-state index contributed by atoms with van der Waals surface area (Å²) in [7, 11) is 0. The number of rotatable bonds is 2. The van der Waals surface area contributed by atoms with E-state index in [0.717, 1.165) is 5.56 Å². The van der Waals surface area contributed by atoms with Crippen molar-refractivity contribution < 1.29 is 23.4 Å². The number of hydrogen-bond acceptors (Lipinski definition) is 4. The van der Waals surface area contributed by atoms with Gasteiger partial charge in [-0.2, -0.15) is 0 Å². The van der Waals surface area contributed by atoms with Crippen molar-refractivity contribution in [3.05, 3.63) is 53.8 Å². The number of amides is 2. The molecule has 7 heteroatoms. The molecule has 1 fully saturated rings. The molecule has 136 valence electrons. The number of nitrogens with zero attached hydrogens (tertiary/aromatic N) is 1. The van der Waals surface area contributed by atoms with E-state index in [9.17, 15) is 9.18 Å². The lowest BCUT2D eigenvalue weighted by atomic mass is 10.1. The molecule has 2 aromatic rings. The molecule has 0 bridgehead atoms. The van der Waals surface area contributed by atoms with Gasteiger partial charge in [0.15, 0.2) is 11.5 Å². The van der Waals surface area contributed by atoms with Crippen LogP contribution in [0.5, 0.6) is 11.5 Å². The van der Waals surface area contributed by atoms with Crippen molar-refractivity contribution in [3.8, 4) is 11.5 Å². The molecule has 1 atom stereocenters. The lowest BCUT2D eigenvalue weighted by molar-refractivity contribution is -0.0135. The van der Waals surface area contributed by atoms with Crippen LogP contribution in [0.25, 0.3) is 0 Å². The minimum Gasteiger partial charge on any atom is -0.486 e. The fraction of sp³-hybridized carbons (Fsp3) is 0.316. The third-order valence-corrected chi connectivity index (χ3v) is 4.39. The Morgan fingerprint density at radius 1 is 1.04 bits per heavy atom. The van der Waals surface area contributed by atoms with Gasteiger partial charge in [0.1, 0.15) is 25.1 Å². The molecule has 0 radical (unpaired) electrons. The number of morpholine rings is 1. The van der Waals surface area contributed by atoms with Gasteiger partial charge in [-0.05, 0) is 29.8 Å². The number of halogens is 1. The van der Waals surface area contributed by atoms with E-state index in [-0.39, 0.29) is 18.0 Å². The molecular formula is C19H19FN2O4. The van der Waals surface area contributed by atoms with Gasteiger partial charge in [0.05, 0.1) is 13.2 Å². The molecule has 26 heavy (non-hydrogen) atoms. The predicted molar refractivity (Wildman–Crippen MR) is 93.1 cm³/mol. The molecule has 0 spiro atoms. The van der Waals surface area contributed by atoms with Crippen molar-refractivity contribution in [1.82, 2.24) is 4.90 Å². The van der Waals surface area contributed by atoms with Crippen molar-refractivity contribution in [2.24, 2.45) is 0 Å². The van der Waals surface area contributed by atoms with Gasteiger partial charge in [0, 0.05) is 18.3 Å². The summed E-state index contributed by atoms with van der Waals surface area (Å²) in [6.45, 7) is 2.34. The molecule has 2 aliphatic rings. The van der Waals surface area contributed by atoms with Crippen LogP contribution in [-0.2, 0) is 4.74 Å². The average Bonchev–Trinajstić information content (AvgIpc) is 2.68. The normalized spacial score (nSPS) is 19.1. The van der Waals surface area contributed by atoms with Gasteiger partial charge in [0.2, 0.25) is 0 Å². The van der Waals surface area contributed by atoms with Crippen molar-refractivity contribution in [1.29, 1.82) is 0 Å². The molecule has 2 aliphatic heterocycles. The van der Waals surface area contributed by atoms with Gasteiger partial charge in [0.25, 0.3) is 0 Å². The van der Waals surface area contributed by atoms with E-state index in [1.807, 2.05) is 0 Å². The fourth-order valence-electron chi connectivity index (χ4n) is 3.04. The Morgan fingerprint density at radius 2 is 1.81 bits per heavy atom. The lowest BCUT2D eigenvalue weighted by Gasteiger charge is -2.33. The summed E-state index contributed by atoms with van der Waals surface area (Å²) in [6.07, 6.45) is -0.268. The number of hydrogen-bond donors (Lipinski definition) is 1. The number of nitrogens with one attached hydrogen (secondary N) is 1. The van der Waals surface area contributed by atoms with Crippen LogP contribution in [0.4, 0.5) is 14.9 Å². The Bertz CT molecular complexity index is 797. The minimum absolute atomic E-state index is 0.211. The first-order valence-electron chi connectivity index (χ1n) is 8.52. The first kappa shape index (κ1) is 16.7. The SMILES string of the molecule is O=C(Nc1ccc2c(c1)OCCO2)N1CCO[C@H](c2ccc(F)cc2)C1. The van der Waals surface area contributed by atoms with E-state index in [1.54, 1.807) is 35.2 Å². The monoisotopic (exact) mass is 358 g/mol. The average molecular weight is 358 g/mol. The zero-order chi connectivity index (χ0) is 17.9. The van der Waals surface area contributed by atoms with Gasteiger partial charge in [-0.3, -0.25) is 0 Å². The summed E-state index contributed by atoms with van der Waals surface area (Å²) in [5, 5.41) is 2.88. The summed E-state index contributed by atoms with van der Waals surface area (Å²) in [6, 6.07) is 11.3. The van der Waals surface area contributed by atoms with Crippen LogP contribution in [0.15, 0.2) is 42.5 Å². The second kappa shape index (κ2) is 7.21. The Kier molecular flexibility index (Phi) is 4.62. The van der Waals surface area contributed by atoms with Crippen LogP contribution >= 0.6 is 0 Å². The standard InChI is InChI=1S/C19H19FN2O4/c20-14-3-1-13(2-4-14)18-12-22(7-8-24-18)19(23)21-15-5-6-16-17(11-15)26-10-9-25-16/h1-6,11,18H,7-10,12H2,(H,21,23)/t18-/m0/s1. The molecule has 2 amide bonds. The lowest BCUT2D eigenvalue weighted by Crippen LogP contribution is -2.44. The highest BCUT2D eigenvalue weighted by molar-refractivity contribution is 5.89. The number of carbonyl (C=O) groups is 1. The molecule has 2 heterocycles. The first-order valence-corrected chi connectivity index (χ1v) is 8.52. The number of benzene rings is 2. The quantitative estimate of drug-likeness (QED) is 0.896. The summed E-state index contributed by atoms with van der Waals surface area (Å²) >= 11 is 0. The van der Waals surface area contributed by atoms with Crippen LogP contribution < -0.4 is 14.8 Å². The van der Waals surface area contributed by atoms with E-state index < -0.39 is 0 Å². The Labute approximate surface area is 150 Å². The van der Waals surface area contributed by atoms with E-state index in [0.29, 0.717) is 50.1 Å². The number of ether oxygens (including phenoxy) is 3. The third-order valence-electron chi connectivity index (χ3n) is 4.39. The highest BCUT2D eigenvalue weighted by Gasteiger charge is 2.26. The molecule has 0 aromatic heterocycles. The van der Waals surface area contributed by atoms with Crippen LogP contribution in [0.2, 0.25) is 0 Å². The molecule has 6 nitrogen and oxygen atoms in total. The highest BCUT2D eigenvalue weighted by atomic mass is 19.1. The molecule has 1 N–H and O–H groups in total. The van der Waals surface area contributed by atoms with Gasteiger partial charge >= 0.3 is 6.03 Å². The predicted octanol–water partition coefficient (Wildman–Crippen LogP) is 3.20. The molecule has 4 rings (SSSR count). The van der Waals surface area contributed by atoms with Crippen molar-refractivity contribution >= 4 is 11.7 Å². The molecule has 0 aliphatic carbocycles. The molecule has 2 aromatic carbocycles. The highest BCUT2D eigenvalue weighted by Crippen LogP contribution is 2.32. The number of urea groups is 1. The van der Waals surface area contributed by atoms with E-state index in [1.165, 1.54) is 12.1 Å². The second-order valence-electron chi connectivity index (χ2n) is 6.15. The maximum absolute atomic E-state index is 13.1. The number of anilines is 1. The third kappa shape index (κ3) is 3.57. The molecule has 0 unspecified atom stereocenters. The largest absolute Gasteiger partial charge is 0.486 e. The topological polar surface area (TPSA) is 60.0 Å². The van der Waals surface area contributed by atoms with E-state index in [2.05, 4.69) is 5.32 Å². The Hall–Kier alpha value is -2.80. The van der Waals surface area contributed by atoms with Crippen molar-refractivity contribution in [2.75, 3.05) is 38.2 Å². The molecule has 0 saturated carbocycles. The zero-order valence-corrected chi connectivity index (χ0v) is 14.1. The van der Waals surface area contributed by atoms with Gasteiger partial charge < -0.3 is 24.4 Å². The second-order valence-corrected chi connectivity index (χ2v) is 6.15. The molecule has 1 saturated heterocycles. The summed E-state index contributed by atoms with van der Waals surface area (Å²) in [5.41, 5.74) is 1.49. The van der Waals surface area contributed by atoms with Crippen LogP contribution in [0.1, 0.15) is 11.7 Å². The maximum Gasteiger partial charge on any atom is 0.322 e. The van der Waals surface area contributed by atoms with Crippen molar-refractivity contribution in [2.45, 2.75) is 6.10 Å². The minimum atomic E-state index is -0.294. The van der Waals surface area contributed by atoms with Gasteiger partial charge in [-0.15, -0.1) is 0 Å². The smallest absolute Gasteiger partial charge is 0.322 e. The fourth-order valence-corrected chi connectivity index (χ4v) is 3.04. The number of fused-ring (bicyclic) bond motifs is 1.